The van der Waals surface area contributed by atoms with Gasteiger partial charge in [-0.2, -0.15) is 0 Å². The first-order chi connectivity index (χ1) is 19.8. The fourth-order valence-corrected chi connectivity index (χ4v) is 12.2. The quantitative estimate of drug-likeness (QED) is 0.186. The molecule has 2 aromatic carbocycles. The average molecular weight is 577 g/mol. The van der Waals surface area contributed by atoms with Gasteiger partial charge in [0.2, 0.25) is 0 Å². The Morgan fingerprint density at radius 3 is 2.27 bits per heavy atom. The molecule has 5 rings (SSSR count). The first kappa shape index (κ1) is 30.2. The van der Waals surface area contributed by atoms with Crippen LogP contribution in [-0.4, -0.2) is 47.0 Å². The third-order valence-electron chi connectivity index (χ3n) is 9.57. The van der Waals surface area contributed by atoms with Crippen molar-refractivity contribution in [2.75, 3.05) is 20.3 Å². The fraction of sp³-hybridized carbons (Fsp3) is 0.571. The highest BCUT2D eigenvalue weighted by molar-refractivity contribution is 6.99. The van der Waals surface area contributed by atoms with Crippen molar-refractivity contribution in [2.45, 2.75) is 89.6 Å². The molecule has 1 aliphatic heterocycles. The van der Waals surface area contributed by atoms with E-state index in [0.29, 0.717) is 30.8 Å². The van der Waals surface area contributed by atoms with Crippen LogP contribution in [-0.2, 0) is 23.4 Å². The Bertz CT molecular complexity index is 1110. The summed E-state index contributed by atoms with van der Waals surface area (Å²) in [6.45, 7) is 8.51. The van der Waals surface area contributed by atoms with Gasteiger partial charge < -0.3 is 18.6 Å². The van der Waals surface area contributed by atoms with Gasteiger partial charge >= 0.3 is 5.97 Å². The van der Waals surface area contributed by atoms with Gasteiger partial charge in [-0.05, 0) is 72.2 Å². The van der Waals surface area contributed by atoms with Gasteiger partial charge in [-0.3, -0.25) is 4.79 Å². The minimum atomic E-state index is -2.65. The molecule has 3 aliphatic rings. The van der Waals surface area contributed by atoms with E-state index < -0.39 is 8.32 Å². The lowest BCUT2D eigenvalue weighted by atomic mass is 9.92. The predicted molar refractivity (Wildman–Crippen MR) is 166 cm³/mol. The lowest BCUT2D eigenvalue weighted by Crippen LogP contribution is -2.67. The van der Waals surface area contributed by atoms with Crippen LogP contribution < -0.4 is 10.4 Å². The summed E-state index contributed by atoms with van der Waals surface area (Å²) in [5, 5.41) is 2.57. The van der Waals surface area contributed by atoms with Crippen LogP contribution in [0.3, 0.4) is 0 Å². The summed E-state index contributed by atoms with van der Waals surface area (Å²) in [5.74, 6) is 1.27. The minimum Gasteiger partial charge on any atom is -0.469 e. The largest absolute Gasteiger partial charge is 0.469 e. The molecule has 41 heavy (non-hydrogen) atoms. The summed E-state index contributed by atoms with van der Waals surface area (Å²) in [7, 11) is -1.19. The number of benzene rings is 2. The van der Waals surface area contributed by atoms with E-state index >= 15 is 0 Å². The van der Waals surface area contributed by atoms with Crippen LogP contribution in [0.25, 0.3) is 0 Å². The Kier molecular flexibility index (Phi) is 9.85. The van der Waals surface area contributed by atoms with Crippen molar-refractivity contribution < 1.29 is 23.4 Å². The summed E-state index contributed by atoms with van der Waals surface area (Å²) in [5.41, 5.74) is 1.48. The summed E-state index contributed by atoms with van der Waals surface area (Å²) >= 11 is 0. The van der Waals surface area contributed by atoms with Crippen molar-refractivity contribution in [1.29, 1.82) is 0 Å². The lowest BCUT2D eigenvalue weighted by molar-refractivity contribution is -0.197. The highest BCUT2D eigenvalue weighted by Gasteiger charge is 2.53. The van der Waals surface area contributed by atoms with E-state index in [4.69, 9.17) is 18.6 Å². The molecule has 1 heterocycles. The molecule has 2 aliphatic carbocycles. The summed E-state index contributed by atoms with van der Waals surface area (Å²) in [4.78, 5) is 11.7. The number of hydrogen-bond donors (Lipinski definition) is 0. The van der Waals surface area contributed by atoms with E-state index in [1.54, 1.807) is 0 Å². The monoisotopic (exact) mass is 576 g/mol. The number of esters is 1. The van der Waals surface area contributed by atoms with Gasteiger partial charge in [0.05, 0.1) is 13.2 Å². The Morgan fingerprint density at radius 1 is 1.00 bits per heavy atom. The number of rotatable bonds is 10. The van der Waals surface area contributed by atoms with Gasteiger partial charge in [-0.15, -0.1) is 0 Å². The second kappa shape index (κ2) is 13.4. The molecule has 2 aromatic rings. The zero-order valence-electron chi connectivity index (χ0n) is 25.3. The molecule has 5 nitrogen and oxygen atoms in total. The molecule has 0 spiro atoms. The van der Waals surface area contributed by atoms with Gasteiger partial charge in [0.15, 0.2) is 6.29 Å². The zero-order chi connectivity index (χ0) is 28.9. The van der Waals surface area contributed by atoms with E-state index in [1.807, 2.05) is 0 Å². The van der Waals surface area contributed by atoms with Crippen LogP contribution in [0.1, 0.15) is 72.1 Å². The Morgan fingerprint density at radius 2 is 1.68 bits per heavy atom. The third kappa shape index (κ3) is 6.72. The average Bonchev–Trinajstić information content (AvgIpc) is 3.51. The summed E-state index contributed by atoms with van der Waals surface area (Å²) in [6, 6.07) is 21.9. The van der Waals surface area contributed by atoms with Crippen LogP contribution in [0, 0.1) is 17.8 Å². The third-order valence-corrected chi connectivity index (χ3v) is 14.6. The second-order valence-corrected chi connectivity index (χ2v) is 17.5. The highest BCUT2D eigenvalue weighted by atomic mass is 28.4. The fourth-order valence-electron chi connectivity index (χ4n) is 7.60. The summed E-state index contributed by atoms with van der Waals surface area (Å²) in [6.07, 6.45) is 9.99. The van der Waals surface area contributed by atoms with Crippen LogP contribution in [0.4, 0.5) is 0 Å². The van der Waals surface area contributed by atoms with Gasteiger partial charge in [0.1, 0.15) is 0 Å². The molecule has 6 heteroatoms. The van der Waals surface area contributed by atoms with Crippen LogP contribution in [0.15, 0.2) is 72.3 Å². The van der Waals surface area contributed by atoms with Crippen molar-refractivity contribution in [1.82, 2.24) is 0 Å². The molecule has 1 unspecified atom stereocenters. The first-order valence-electron chi connectivity index (χ1n) is 15.6. The maximum absolute atomic E-state index is 11.7. The Hall–Kier alpha value is -2.25. The number of ether oxygens (including phenoxy) is 3. The number of fused-ring (bicyclic) bond motifs is 1. The number of methoxy groups -OCH3 is 1. The first-order valence-corrected chi connectivity index (χ1v) is 17.5. The molecular weight excluding hydrogens is 528 g/mol. The van der Waals surface area contributed by atoms with Crippen LogP contribution >= 0.6 is 0 Å². The zero-order valence-corrected chi connectivity index (χ0v) is 26.3. The van der Waals surface area contributed by atoms with Crippen LogP contribution in [0.2, 0.25) is 5.04 Å². The molecule has 222 valence electrons. The standard InChI is InChI=1S/C35H48O5Si/c1-35(2,3)41(28-15-7-5-8-16-28,29-17-9-6-10-18-29)39-25-31-30-23-26(14-13-19-33(36)37-4)22-27(30)24-32(31)40-34-20-11-12-21-38-34/h5-10,14-18,27,30-32,34H,11-13,19-25H2,1-4H3/b26-14+/t27-,30-,31+,32+,34?/m0/s1. The predicted octanol–water partition coefficient (Wildman–Crippen LogP) is 6.40. The number of allylic oxidation sites excluding steroid dienone is 2. The molecule has 0 bridgehead atoms. The summed E-state index contributed by atoms with van der Waals surface area (Å²) < 4.78 is 25.1. The molecule has 2 saturated carbocycles. The molecule has 0 aromatic heterocycles. The van der Waals surface area contributed by atoms with Crippen molar-refractivity contribution in [2.24, 2.45) is 17.8 Å². The van der Waals surface area contributed by atoms with Gasteiger partial charge in [-0.25, -0.2) is 0 Å². The van der Waals surface area contributed by atoms with E-state index in [9.17, 15) is 4.79 Å². The number of carbonyl (C=O) groups excluding carboxylic acids is 1. The lowest BCUT2D eigenvalue weighted by Gasteiger charge is -2.44. The number of hydrogen-bond acceptors (Lipinski definition) is 5. The van der Waals surface area contributed by atoms with Crippen molar-refractivity contribution in [3.05, 3.63) is 72.3 Å². The molecule has 0 amide bonds. The Labute approximate surface area is 247 Å². The van der Waals surface area contributed by atoms with Crippen molar-refractivity contribution in [3.8, 4) is 0 Å². The highest BCUT2D eigenvalue weighted by Crippen LogP contribution is 2.52. The van der Waals surface area contributed by atoms with Gasteiger partial charge in [-0.1, -0.05) is 93.1 Å². The molecule has 3 fully saturated rings. The van der Waals surface area contributed by atoms with Gasteiger partial charge in [0.25, 0.3) is 8.32 Å². The van der Waals surface area contributed by atoms with E-state index in [2.05, 4.69) is 87.5 Å². The van der Waals surface area contributed by atoms with Crippen molar-refractivity contribution in [3.63, 3.8) is 0 Å². The molecule has 5 atom stereocenters. The van der Waals surface area contributed by atoms with E-state index in [1.165, 1.54) is 29.5 Å². The van der Waals surface area contributed by atoms with E-state index in [0.717, 1.165) is 45.1 Å². The minimum absolute atomic E-state index is 0.0643. The molecule has 0 N–H and O–H groups in total. The molecular formula is C35H48O5Si. The maximum Gasteiger partial charge on any atom is 0.305 e. The smallest absolute Gasteiger partial charge is 0.305 e. The SMILES string of the molecule is COC(=O)CC/C=C1\C[C@H]2C[C@@H](OC3CCCCO3)[C@H](CO[Si](c3ccccc3)(c3ccccc3)C(C)(C)C)[C@H]2C1. The topological polar surface area (TPSA) is 54.0 Å². The maximum atomic E-state index is 11.7. The second-order valence-electron chi connectivity index (χ2n) is 13.2. The van der Waals surface area contributed by atoms with Crippen LogP contribution in [0.5, 0.6) is 0 Å². The number of carbonyl (C=O) groups is 1. The van der Waals surface area contributed by atoms with Crippen molar-refractivity contribution >= 4 is 24.7 Å². The normalized spacial score (nSPS) is 27.6. The molecule has 0 radical (unpaired) electrons. The molecule has 1 saturated heterocycles. The van der Waals surface area contributed by atoms with E-state index in [-0.39, 0.29) is 23.4 Å². The Balaban J connectivity index is 1.42. The van der Waals surface area contributed by atoms with Gasteiger partial charge in [0, 0.05) is 25.6 Å².